The van der Waals surface area contributed by atoms with Gasteiger partial charge in [-0.15, -0.1) is 0 Å². The van der Waals surface area contributed by atoms with Crippen LogP contribution < -0.4 is 21.3 Å². The van der Waals surface area contributed by atoms with Crippen molar-refractivity contribution < 1.29 is 0 Å². The number of nitrogens with zero attached hydrogens (tertiary/aromatic N) is 3. The molecule has 0 spiro atoms. The summed E-state index contributed by atoms with van der Waals surface area (Å²) in [6, 6.07) is 53.6. The van der Waals surface area contributed by atoms with Crippen molar-refractivity contribution in [3.63, 3.8) is 0 Å². The molecule has 58 heavy (non-hydrogen) atoms. The van der Waals surface area contributed by atoms with Crippen LogP contribution in [0.25, 0.3) is 55.0 Å². The Morgan fingerprint density at radius 3 is 1.64 bits per heavy atom. The molecule has 0 radical (unpaired) electrons. The van der Waals surface area contributed by atoms with E-state index in [-0.39, 0.29) is 23.0 Å². The smallest absolute Gasteiger partial charge is 0.252 e. The SMILES string of the molecule is CC(C)(C)c1ccc(N2c3ccc(C(C)(C)C)cc3B3c4c2cccc4-n2c4cc5c(cc4c4cccc3c42)c2ccccc2n5-c2ccc(C(C)(C)C)cc2)cc1. The fourth-order valence-corrected chi connectivity index (χ4v) is 10.1. The minimum Gasteiger partial charge on any atom is -0.311 e. The maximum absolute atomic E-state index is 2.60. The third-order valence-electron chi connectivity index (χ3n) is 13.2. The molecule has 0 aliphatic carbocycles. The molecule has 2 aromatic heterocycles. The van der Waals surface area contributed by atoms with E-state index in [1.54, 1.807) is 0 Å². The number of para-hydroxylation sites is 2. The largest absolute Gasteiger partial charge is 0.311 e. The molecule has 2 aliphatic heterocycles. The fourth-order valence-electron chi connectivity index (χ4n) is 10.1. The van der Waals surface area contributed by atoms with E-state index in [0.29, 0.717) is 0 Å². The summed E-state index contributed by atoms with van der Waals surface area (Å²) in [5.41, 5.74) is 19.5. The Labute approximate surface area is 342 Å². The van der Waals surface area contributed by atoms with E-state index in [4.69, 9.17) is 0 Å². The lowest BCUT2D eigenvalue weighted by atomic mass is 9.33. The van der Waals surface area contributed by atoms with Crippen LogP contribution in [0.4, 0.5) is 17.1 Å². The number of aromatic nitrogens is 2. The van der Waals surface area contributed by atoms with Gasteiger partial charge in [-0.1, -0.05) is 141 Å². The zero-order valence-electron chi connectivity index (χ0n) is 35.2. The van der Waals surface area contributed by atoms with Crippen molar-refractivity contribution in [3.8, 4) is 11.4 Å². The highest BCUT2D eigenvalue weighted by Crippen LogP contribution is 2.44. The Hall–Kier alpha value is -6.00. The Bertz CT molecular complexity index is 3160. The molecule has 0 saturated heterocycles. The van der Waals surface area contributed by atoms with Gasteiger partial charge in [0, 0.05) is 55.5 Å². The van der Waals surface area contributed by atoms with Gasteiger partial charge >= 0.3 is 0 Å². The highest BCUT2D eigenvalue weighted by Gasteiger charge is 2.42. The molecule has 11 rings (SSSR count). The van der Waals surface area contributed by atoms with Gasteiger partial charge in [0.25, 0.3) is 6.71 Å². The van der Waals surface area contributed by atoms with Gasteiger partial charge in [-0.3, -0.25) is 0 Å². The van der Waals surface area contributed by atoms with E-state index >= 15 is 0 Å². The fraction of sp³-hybridized carbons (Fsp3) is 0.222. The maximum atomic E-state index is 2.60. The summed E-state index contributed by atoms with van der Waals surface area (Å²) in [6.07, 6.45) is 0. The van der Waals surface area contributed by atoms with Crippen LogP contribution in [-0.4, -0.2) is 15.8 Å². The zero-order valence-corrected chi connectivity index (χ0v) is 35.2. The first-order chi connectivity index (χ1) is 27.7. The molecule has 0 amide bonds. The standard InChI is InChI=1S/C54H50BN3/c1-52(2,3)33-20-25-36(26-21-33)56-44-17-11-10-14-38(44)40-31-41-39-15-12-16-42-51(39)58(49(41)32-48(40)56)47-19-13-18-46-50(47)55(42)43-30-35(54(7,8)9)24-29-45(43)57(46)37-27-22-34(23-28-37)53(4,5)6/h10-32H,1-9H3. The van der Waals surface area contributed by atoms with Crippen LogP contribution in [0.15, 0.2) is 140 Å². The summed E-state index contributed by atoms with van der Waals surface area (Å²) < 4.78 is 5.07. The molecule has 7 aromatic carbocycles. The van der Waals surface area contributed by atoms with E-state index in [0.717, 1.165) is 0 Å². The lowest BCUT2D eigenvalue weighted by molar-refractivity contribution is 0.590. The Morgan fingerprint density at radius 1 is 0.379 bits per heavy atom. The topological polar surface area (TPSA) is 13.1 Å². The summed E-state index contributed by atoms with van der Waals surface area (Å²) in [5, 5.41) is 5.17. The first kappa shape index (κ1) is 35.2. The van der Waals surface area contributed by atoms with Crippen molar-refractivity contribution in [2.45, 2.75) is 78.6 Å². The van der Waals surface area contributed by atoms with Crippen LogP contribution in [0.3, 0.4) is 0 Å². The van der Waals surface area contributed by atoms with Crippen LogP contribution in [-0.2, 0) is 16.2 Å². The second-order valence-electron chi connectivity index (χ2n) is 19.9. The van der Waals surface area contributed by atoms with Crippen molar-refractivity contribution in [2.75, 3.05) is 4.90 Å². The highest BCUT2D eigenvalue weighted by atomic mass is 15.2. The van der Waals surface area contributed by atoms with Gasteiger partial charge in [0.2, 0.25) is 0 Å². The molecular weight excluding hydrogens is 701 g/mol. The van der Waals surface area contributed by atoms with Crippen molar-refractivity contribution in [3.05, 3.63) is 156 Å². The van der Waals surface area contributed by atoms with Crippen LogP contribution in [0.2, 0.25) is 0 Å². The summed E-state index contributed by atoms with van der Waals surface area (Å²) in [6.45, 7) is 20.8. The molecule has 0 fully saturated rings. The van der Waals surface area contributed by atoms with Gasteiger partial charge in [-0.05, 0) is 110 Å². The number of hydrogen-bond acceptors (Lipinski definition) is 1. The van der Waals surface area contributed by atoms with Gasteiger partial charge < -0.3 is 14.0 Å². The number of fused-ring (bicyclic) bond motifs is 10. The minimum atomic E-state index is 0.0133. The molecule has 4 heteroatoms. The summed E-state index contributed by atoms with van der Waals surface area (Å²) in [4.78, 5) is 2.53. The molecular formula is C54H50BN3. The van der Waals surface area contributed by atoms with E-state index in [1.165, 1.54) is 105 Å². The average Bonchev–Trinajstić information content (AvgIpc) is 3.70. The van der Waals surface area contributed by atoms with Crippen LogP contribution in [0, 0.1) is 0 Å². The molecule has 0 N–H and O–H groups in total. The van der Waals surface area contributed by atoms with E-state index in [9.17, 15) is 0 Å². The van der Waals surface area contributed by atoms with E-state index in [2.05, 4.69) is 216 Å². The second-order valence-corrected chi connectivity index (χ2v) is 19.9. The quantitative estimate of drug-likeness (QED) is 0.160. The second kappa shape index (κ2) is 11.8. The molecule has 0 saturated carbocycles. The van der Waals surface area contributed by atoms with Gasteiger partial charge in [0.15, 0.2) is 0 Å². The molecule has 0 bridgehead atoms. The van der Waals surface area contributed by atoms with Crippen LogP contribution >= 0.6 is 0 Å². The average molecular weight is 752 g/mol. The van der Waals surface area contributed by atoms with Crippen LogP contribution in [0.1, 0.15) is 79.0 Å². The molecule has 3 nitrogen and oxygen atoms in total. The van der Waals surface area contributed by atoms with Crippen LogP contribution in [0.5, 0.6) is 0 Å². The number of anilines is 3. The summed E-state index contributed by atoms with van der Waals surface area (Å²) in [5.74, 6) is 0. The lowest BCUT2D eigenvalue weighted by Gasteiger charge is -2.41. The van der Waals surface area contributed by atoms with Crippen molar-refractivity contribution in [2.24, 2.45) is 0 Å². The van der Waals surface area contributed by atoms with E-state index < -0.39 is 0 Å². The van der Waals surface area contributed by atoms with E-state index in [1.807, 2.05) is 0 Å². The zero-order chi connectivity index (χ0) is 40.0. The predicted octanol–water partition coefficient (Wildman–Crippen LogP) is 12.4. The highest BCUT2D eigenvalue weighted by molar-refractivity contribution is 7.00. The molecule has 284 valence electrons. The minimum absolute atomic E-state index is 0.0133. The van der Waals surface area contributed by atoms with Crippen molar-refractivity contribution >= 4 is 83.8 Å². The number of hydrogen-bond donors (Lipinski definition) is 0. The number of benzene rings is 7. The van der Waals surface area contributed by atoms with Gasteiger partial charge in [0.05, 0.1) is 16.6 Å². The molecule has 4 heterocycles. The molecule has 2 aliphatic rings. The predicted molar refractivity (Wildman–Crippen MR) is 251 cm³/mol. The maximum Gasteiger partial charge on any atom is 0.252 e. The third kappa shape index (κ3) is 4.93. The van der Waals surface area contributed by atoms with Gasteiger partial charge in [0.1, 0.15) is 0 Å². The summed E-state index contributed by atoms with van der Waals surface area (Å²) in [7, 11) is 0. The number of rotatable bonds is 2. The Kier molecular flexibility index (Phi) is 7.15. The van der Waals surface area contributed by atoms with Gasteiger partial charge in [-0.25, -0.2) is 0 Å². The molecule has 0 unspecified atom stereocenters. The Balaban J connectivity index is 1.22. The van der Waals surface area contributed by atoms with Crippen molar-refractivity contribution in [1.82, 2.24) is 9.13 Å². The molecule has 9 aromatic rings. The normalized spacial score (nSPS) is 13.9. The lowest BCUT2D eigenvalue weighted by Crippen LogP contribution is -2.60. The third-order valence-corrected chi connectivity index (χ3v) is 13.2. The summed E-state index contributed by atoms with van der Waals surface area (Å²) >= 11 is 0. The molecule has 0 atom stereocenters. The first-order valence-corrected chi connectivity index (χ1v) is 21.0. The first-order valence-electron chi connectivity index (χ1n) is 21.0. The Morgan fingerprint density at radius 2 is 0.948 bits per heavy atom. The van der Waals surface area contributed by atoms with Gasteiger partial charge in [-0.2, -0.15) is 0 Å². The monoisotopic (exact) mass is 751 g/mol. The van der Waals surface area contributed by atoms with Crippen molar-refractivity contribution in [1.29, 1.82) is 0 Å².